The van der Waals surface area contributed by atoms with Crippen molar-refractivity contribution in [2.45, 2.75) is 214 Å². The van der Waals surface area contributed by atoms with Crippen LogP contribution in [0.1, 0.15) is 233 Å². The Balaban J connectivity index is 1.08. The smallest absolute Gasteiger partial charge is 0.322 e. The number of hydrogen-bond acceptors (Lipinski definition) is 17. The van der Waals surface area contributed by atoms with E-state index in [2.05, 4.69) is 58.5 Å². The average molecular weight is 1550 g/mol. The van der Waals surface area contributed by atoms with Crippen LogP contribution < -0.4 is 52.0 Å². The van der Waals surface area contributed by atoms with Crippen LogP contribution >= 0.6 is 15.9 Å². The van der Waals surface area contributed by atoms with Crippen LogP contribution in [0.2, 0.25) is 0 Å². The summed E-state index contributed by atoms with van der Waals surface area (Å²) in [6.45, 7) is 26.4. The van der Waals surface area contributed by atoms with Crippen LogP contribution in [-0.2, 0) is 23.7 Å². The van der Waals surface area contributed by atoms with E-state index in [-0.39, 0.29) is 175 Å². The van der Waals surface area contributed by atoms with Gasteiger partial charge in [0.05, 0.1) is 64.3 Å². The van der Waals surface area contributed by atoms with E-state index < -0.39 is 123 Å². The lowest BCUT2D eigenvalue weighted by Gasteiger charge is -2.40. The molecule has 4 aliphatic carbocycles. The highest BCUT2D eigenvalue weighted by molar-refractivity contribution is 9.10. The number of alkyl halides is 1. The van der Waals surface area contributed by atoms with Crippen molar-refractivity contribution in [3.63, 3.8) is 0 Å². The van der Waals surface area contributed by atoms with Gasteiger partial charge in [-0.05, 0) is 218 Å². The van der Waals surface area contributed by atoms with E-state index in [4.69, 9.17) is 28.4 Å². The van der Waals surface area contributed by atoms with Crippen LogP contribution in [-0.4, -0.2) is 168 Å². The monoisotopic (exact) mass is 1540 g/mol. The summed E-state index contributed by atoms with van der Waals surface area (Å²) in [5.74, 6) is -9.07. The molecule has 10 rings (SSSR count). The second kappa shape index (κ2) is 34.1. The van der Waals surface area contributed by atoms with Crippen LogP contribution in [0.4, 0.5) is 0 Å². The zero-order valence-corrected chi connectivity index (χ0v) is 65.9. The summed E-state index contributed by atoms with van der Waals surface area (Å²) in [5.41, 5.74) is 1.76. The summed E-state index contributed by atoms with van der Waals surface area (Å²) < 4.78 is 37.0. The number of esters is 1. The maximum Gasteiger partial charge on any atom is 0.322 e. The summed E-state index contributed by atoms with van der Waals surface area (Å²) >= 11 is 3.34. The van der Waals surface area contributed by atoms with Crippen LogP contribution in [0.15, 0.2) is 48.5 Å². The van der Waals surface area contributed by atoms with Gasteiger partial charge in [-0.3, -0.25) is 43.2 Å². The van der Waals surface area contributed by atoms with Crippen molar-refractivity contribution < 1.29 is 81.8 Å². The van der Waals surface area contributed by atoms with E-state index in [1.165, 1.54) is 24.3 Å². The second-order valence-corrected chi connectivity index (χ2v) is 34.3. The molecular weight excluding hydrogens is 1440 g/mol. The van der Waals surface area contributed by atoms with E-state index in [0.29, 0.717) is 47.9 Å². The van der Waals surface area contributed by atoms with Crippen molar-refractivity contribution >= 4 is 69.2 Å². The lowest BCUT2D eigenvalue weighted by atomic mass is 9.76. The summed E-state index contributed by atoms with van der Waals surface area (Å²) in [7, 11) is 0. The van der Waals surface area contributed by atoms with E-state index in [0.717, 1.165) is 0 Å². The molecule has 0 aromatic heterocycles. The first-order valence-electron chi connectivity index (χ1n) is 37.9. The van der Waals surface area contributed by atoms with Gasteiger partial charge < -0.3 is 81.2 Å². The molecule has 107 heavy (non-hydrogen) atoms. The SMILES string of the molecule is Cc1cc2c(O)c(c1)C(=O)NC1CC(NC(=O)c3cc(C)cc4c3OCCOC(C)(COCCOC(=O)C(C)(C)Br)OCCOc3c(cc(C)cc3C(=O)NC3CC(NC(=O)c5cc(C)cc(c5O)C(=O)NC5CC(NC4=O)C(C)CC5C)C(C)CC3C)C(=O)NC3CC(NC2=O)C(C)CC3C)C(C)CC1C. The Bertz CT molecular complexity index is 3610. The Kier molecular flexibility index (Phi) is 25.9. The van der Waals surface area contributed by atoms with Gasteiger partial charge >= 0.3 is 5.97 Å². The van der Waals surface area contributed by atoms with Crippen LogP contribution in [0.5, 0.6) is 23.0 Å². The third-order valence-electron chi connectivity index (χ3n) is 22.7. The Morgan fingerprint density at radius 3 is 0.860 bits per heavy atom. The number of fused-ring (bicyclic) bond motifs is 20. The Morgan fingerprint density at radius 2 is 0.626 bits per heavy atom. The number of nitrogens with one attached hydrogen (secondary N) is 8. The molecule has 16 unspecified atom stereocenters. The quantitative estimate of drug-likeness (QED) is 0.0487. The van der Waals surface area contributed by atoms with Crippen LogP contribution in [0, 0.1) is 75.0 Å². The van der Waals surface area contributed by atoms with Crippen LogP contribution in [0.3, 0.4) is 0 Å². The van der Waals surface area contributed by atoms with Crippen molar-refractivity contribution in [2.24, 2.45) is 47.3 Å². The summed E-state index contributed by atoms with van der Waals surface area (Å²) in [4.78, 5) is 132. The number of rotatable bonds is 6. The summed E-state index contributed by atoms with van der Waals surface area (Å²) in [6.07, 6.45) is 3.31. The highest BCUT2D eigenvalue weighted by Crippen LogP contribution is 2.39. The number of hydrogen-bond donors (Lipinski definition) is 10. The number of carbonyl (C=O) groups is 9. The molecular formula is C81H109BrN8O17. The third kappa shape index (κ3) is 19.4. The van der Waals surface area contributed by atoms with Crippen molar-refractivity contribution in [3.05, 3.63) is 115 Å². The predicted octanol–water partition coefficient (Wildman–Crippen LogP) is 9.75. The minimum absolute atomic E-state index is 0.0157. The number of ether oxygens (including phenoxy) is 6. The van der Waals surface area contributed by atoms with Gasteiger partial charge in [-0.15, -0.1) is 0 Å². The zero-order chi connectivity index (χ0) is 77.8. The number of phenolic OH excluding ortho intramolecular Hbond substituents is 2. The molecule has 16 atom stereocenters. The largest absolute Gasteiger partial charge is 0.506 e. The molecule has 26 heteroatoms. The van der Waals surface area contributed by atoms with Gasteiger partial charge in [0.25, 0.3) is 47.3 Å². The normalized spacial score (nSPS) is 30.4. The molecule has 14 bridgehead atoms. The minimum Gasteiger partial charge on any atom is -0.506 e. The standard InChI is InChI=1S/C81H109BrN8O17/c1-39-22-51-67(91)52(23-39)72(94)84-60-35-64(48(10)31-44(60)6)88-76(98)56-27-42(4)29-58-70(56)104-19-21-107-81(15,38-102-16-17-105-79(101)80(13,14)82)106-20-18-103-69-55(75(97)87-63-34-59(83-71(51)93)43(5)30-47(63)9)26-41(3)28-57(69)77(99)89-65-36-61(45(7)32-49(65)11)85-73(95)53-24-40(2)25-54(68(53)92)74(96)86-62-37-66(90-78(58)100)50(12)33-46(62)8/h22-29,43-50,59-66,91-92H,16-21,30-38H2,1-15H3,(H,83,93)(H,84,94)(H,85,95)(H,86,96)(H,87,97)(H,88,98)(H,89,99)(H,90,100). The lowest BCUT2D eigenvalue weighted by Crippen LogP contribution is -2.53. The fourth-order valence-corrected chi connectivity index (χ4v) is 16.6. The molecule has 25 nitrogen and oxygen atoms in total. The number of benzene rings is 4. The number of phenols is 2. The molecule has 2 heterocycles. The van der Waals surface area contributed by atoms with E-state index in [1.807, 2.05) is 55.4 Å². The number of amides is 8. The van der Waals surface area contributed by atoms with E-state index in [1.54, 1.807) is 72.7 Å². The third-order valence-corrected chi connectivity index (χ3v) is 23.1. The highest BCUT2D eigenvalue weighted by atomic mass is 79.9. The highest BCUT2D eigenvalue weighted by Gasteiger charge is 2.43. The molecule has 2 aliphatic heterocycles. The van der Waals surface area contributed by atoms with Gasteiger partial charge in [-0.25, -0.2) is 0 Å². The summed E-state index contributed by atoms with van der Waals surface area (Å²) in [6, 6.07) is 8.27. The van der Waals surface area contributed by atoms with Crippen molar-refractivity contribution in [2.75, 3.05) is 46.2 Å². The average Bonchev–Trinajstić information content (AvgIpc) is 0.800. The van der Waals surface area contributed by atoms with Crippen molar-refractivity contribution in [1.82, 2.24) is 42.5 Å². The van der Waals surface area contributed by atoms with Gasteiger partial charge in [0, 0.05) is 48.3 Å². The molecule has 4 saturated carbocycles. The molecule has 0 spiro atoms. The first kappa shape index (κ1) is 81.2. The molecule has 4 aromatic rings. The second-order valence-electron chi connectivity index (χ2n) is 32.3. The molecule has 0 radical (unpaired) electrons. The first-order valence-corrected chi connectivity index (χ1v) is 38.7. The molecule has 8 amide bonds. The lowest BCUT2D eigenvalue weighted by molar-refractivity contribution is -0.254. The maximum absolute atomic E-state index is 15.3. The first-order chi connectivity index (χ1) is 50.4. The molecule has 6 aliphatic rings. The van der Waals surface area contributed by atoms with Gasteiger partial charge in [-0.2, -0.15) is 0 Å². The predicted molar refractivity (Wildman–Crippen MR) is 404 cm³/mol. The molecule has 10 N–H and O–H groups in total. The number of aryl methyl sites for hydroxylation is 4. The summed E-state index contributed by atoms with van der Waals surface area (Å²) in [5, 5.41) is 49.4. The fourth-order valence-electron chi connectivity index (χ4n) is 16.5. The zero-order valence-electron chi connectivity index (χ0n) is 64.4. The maximum atomic E-state index is 15.3. The van der Waals surface area contributed by atoms with Crippen molar-refractivity contribution in [1.29, 1.82) is 0 Å². The van der Waals surface area contributed by atoms with E-state index in [9.17, 15) is 34.2 Å². The fraction of sp³-hybridized carbons (Fsp3) is 0.593. The molecule has 4 aromatic carbocycles. The van der Waals surface area contributed by atoms with Crippen molar-refractivity contribution in [3.8, 4) is 23.0 Å². The molecule has 4 fully saturated rings. The van der Waals surface area contributed by atoms with Gasteiger partial charge in [-0.1, -0.05) is 71.3 Å². The number of halogens is 1. The van der Waals surface area contributed by atoms with Gasteiger partial charge in [0.15, 0.2) is 5.79 Å². The molecule has 0 saturated heterocycles. The molecule has 582 valence electrons. The van der Waals surface area contributed by atoms with E-state index >= 15 is 19.2 Å². The number of aromatic hydroxyl groups is 2. The van der Waals surface area contributed by atoms with Gasteiger partial charge in [0.1, 0.15) is 53.7 Å². The van der Waals surface area contributed by atoms with Gasteiger partial charge in [0.2, 0.25) is 0 Å². The Labute approximate surface area is 635 Å². The topological polar surface area (TPSA) is 346 Å². The Morgan fingerprint density at radius 1 is 0.402 bits per heavy atom. The van der Waals surface area contributed by atoms with Crippen LogP contribution in [0.25, 0.3) is 0 Å². The number of carbonyl (C=O) groups excluding carboxylic acids is 9. The Hall–Kier alpha value is -8.33. The minimum atomic E-state index is -1.63.